The lowest BCUT2D eigenvalue weighted by molar-refractivity contribution is 0.0377. The Hall–Kier alpha value is -2.51. The van der Waals surface area contributed by atoms with Crippen LogP contribution in [-0.4, -0.2) is 22.8 Å². The number of nitrogens with zero attached hydrogens (tertiary/aromatic N) is 1. The van der Waals surface area contributed by atoms with Gasteiger partial charge < -0.3 is 4.74 Å². The molecule has 0 amide bonds. The largest absolute Gasteiger partial charge is 0.381 e. The highest BCUT2D eigenvalue weighted by molar-refractivity contribution is 8.03. The summed E-state index contributed by atoms with van der Waals surface area (Å²) in [6, 6.07) is 15.6. The topological polar surface area (TPSA) is 71.5 Å². The molecular formula is C26H28ClN2O3S+. The van der Waals surface area contributed by atoms with E-state index >= 15 is 0 Å². The zero-order valence-corrected chi connectivity index (χ0v) is 20.7. The van der Waals surface area contributed by atoms with E-state index in [0.29, 0.717) is 12.1 Å². The first-order valence-electron chi connectivity index (χ1n) is 10.8. The Morgan fingerprint density at radius 2 is 2.00 bits per heavy atom. The number of methoxy groups -OCH3 is 1. The SMILES string of the molecule is CO[C@H](C)C1(C)C=C(Cl)C([S+](=O)(O)Nc2ccc(C)c(-c3nccc4ccccc34)c2)=CC1. The van der Waals surface area contributed by atoms with Gasteiger partial charge in [0.25, 0.3) is 0 Å². The second-order valence-electron chi connectivity index (χ2n) is 8.69. The number of hydrogen-bond acceptors (Lipinski definition) is 3. The Morgan fingerprint density at radius 1 is 1.24 bits per heavy atom. The molecule has 1 aliphatic carbocycles. The summed E-state index contributed by atoms with van der Waals surface area (Å²) in [5.41, 5.74) is 2.92. The van der Waals surface area contributed by atoms with Gasteiger partial charge in [0, 0.05) is 29.7 Å². The quantitative estimate of drug-likeness (QED) is 0.371. The fourth-order valence-corrected chi connectivity index (χ4v) is 5.95. The zero-order valence-electron chi connectivity index (χ0n) is 19.1. The van der Waals surface area contributed by atoms with Crippen molar-refractivity contribution < 1.29 is 13.5 Å². The summed E-state index contributed by atoms with van der Waals surface area (Å²) in [6.07, 6.45) is 5.79. The van der Waals surface area contributed by atoms with Gasteiger partial charge in [-0.2, -0.15) is 9.27 Å². The van der Waals surface area contributed by atoms with Crippen LogP contribution in [0, 0.1) is 12.3 Å². The van der Waals surface area contributed by atoms with Gasteiger partial charge in [-0.1, -0.05) is 54.9 Å². The van der Waals surface area contributed by atoms with Crippen molar-refractivity contribution in [3.05, 3.63) is 82.4 Å². The van der Waals surface area contributed by atoms with Gasteiger partial charge in [0.1, 0.15) is 0 Å². The van der Waals surface area contributed by atoms with Crippen LogP contribution < -0.4 is 4.72 Å². The van der Waals surface area contributed by atoms with E-state index in [4.69, 9.17) is 16.3 Å². The van der Waals surface area contributed by atoms with Gasteiger partial charge in [0.2, 0.25) is 4.91 Å². The van der Waals surface area contributed by atoms with Crippen molar-refractivity contribution in [2.24, 2.45) is 5.41 Å². The second-order valence-corrected chi connectivity index (χ2v) is 10.8. The normalized spacial score (nSPS) is 21.2. The van der Waals surface area contributed by atoms with Gasteiger partial charge in [-0.25, -0.2) is 0 Å². The number of pyridine rings is 1. The first-order chi connectivity index (χ1) is 15.6. The zero-order chi connectivity index (χ0) is 23.8. The van der Waals surface area contributed by atoms with Crippen LogP contribution in [0.15, 0.2) is 76.8 Å². The van der Waals surface area contributed by atoms with E-state index in [0.717, 1.165) is 27.6 Å². The lowest BCUT2D eigenvalue weighted by Crippen LogP contribution is -2.33. The van der Waals surface area contributed by atoms with Crippen LogP contribution in [0.2, 0.25) is 0 Å². The molecule has 5 nitrogen and oxygen atoms in total. The van der Waals surface area contributed by atoms with Crippen LogP contribution in [0.4, 0.5) is 5.69 Å². The highest BCUT2D eigenvalue weighted by atomic mass is 35.5. The van der Waals surface area contributed by atoms with Crippen LogP contribution in [-0.2, 0) is 19.3 Å². The van der Waals surface area contributed by atoms with E-state index in [1.54, 1.807) is 25.4 Å². The lowest BCUT2D eigenvalue weighted by atomic mass is 9.79. The number of ether oxygens (including phenoxy) is 1. The molecule has 4 rings (SSSR count). The smallest absolute Gasteiger partial charge is 0.347 e. The number of allylic oxidation sites excluding steroid dienone is 2. The van der Waals surface area contributed by atoms with Crippen molar-refractivity contribution in [3.8, 4) is 11.3 Å². The third kappa shape index (κ3) is 4.62. The predicted octanol–water partition coefficient (Wildman–Crippen LogP) is 6.96. The van der Waals surface area contributed by atoms with E-state index in [9.17, 15) is 8.76 Å². The minimum Gasteiger partial charge on any atom is -0.381 e. The Bertz CT molecular complexity index is 1310. The maximum Gasteiger partial charge on any atom is 0.347 e. The molecule has 0 saturated carbocycles. The molecule has 2 aromatic carbocycles. The summed E-state index contributed by atoms with van der Waals surface area (Å²) in [4.78, 5) is 4.79. The average molecular weight is 484 g/mol. The van der Waals surface area contributed by atoms with Gasteiger partial charge >= 0.3 is 10.4 Å². The first kappa shape index (κ1) is 23.6. The number of fused-ring (bicyclic) bond motifs is 1. The molecule has 172 valence electrons. The van der Waals surface area contributed by atoms with Gasteiger partial charge in [0.05, 0.1) is 22.5 Å². The summed E-state index contributed by atoms with van der Waals surface area (Å²) in [7, 11) is -1.98. The Kier molecular flexibility index (Phi) is 6.47. The van der Waals surface area contributed by atoms with Gasteiger partial charge in [-0.3, -0.25) is 4.98 Å². The monoisotopic (exact) mass is 483 g/mol. The van der Waals surface area contributed by atoms with E-state index in [1.807, 2.05) is 69.3 Å². The predicted molar refractivity (Wildman–Crippen MR) is 137 cm³/mol. The number of hydrogen-bond donors (Lipinski definition) is 2. The maximum atomic E-state index is 13.3. The fourth-order valence-electron chi connectivity index (χ4n) is 4.12. The Labute approximate surface area is 200 Å². The number of nitrogens with one attached hydrogen (secondary N) is 1. The molecule has 1 heterocycles. The Morgan fingerprint density at radius 3 is 2.73 bits per heavy atom. The van der Waals surface area contributed by atoms with Crippen LogP contribution >= 0.6 is 11.6 Å². The third-order valence-corrected chi connectivity index (χ3v) is 8.34. The van der Waals surface area contributed by atoms with Gasteiger partial charge in [-0.05, 0) is 59.7 Å². The molecule has 3 aromatic rings. The lowest BCUT2D eigenvalue weighted by Gasteiger charge is -2.33. The molecular weight excluding hydrogens is 456 g/mol. The van der Waals surface area contributed by atoms with Crippen molar-refractivity contribution in [2.75, 3.05) is 11.8 Å². The molecule has 0 aliphatic heterocycles. The number of halogens is 1. The number of anilines is 1. The van der Waals surface area contributed by atoms with Crippen LogP contribution in [0.25, 0.3) is 22.0 Å². The number of benzene rings is 2. The van der Waals surface area contributed by atoms with Crippen molar-refractivity contribution in [2.45, 2.75) is 33.3 Å². The minimum atomic E-state index is -3.62. The standard InChI is InChI=1S/C26H27ClN2O3S/c1-17-9-10-20(15-22(17)25-21-8-6-5-7-19(21)12-14-28-25)29-33(30,31)24-11-13-26(3,16-23(24)27)18(2)32-4/h5-12,14-16,18H,13H2,1-4H3,(H-,29,30,31)/p+1/t18-,26?/m1/s1. The molecule has 33 heavy (non-hydrogen) atoms. The molecule has 0 spiro atoms. The number of aromatic nitrogens is 1. The fraction of sp³-hybridized carbons (Fsp3) is 0.269. The molecule has 1 aliphatic rings. The van der Waals surface area contributed by atoms with Crippen molar-refractivity contribution in [1.82, 2.24) is 4.98 Å². The molecule has 0 radical (unpaired) electrons. The van der Waals surface area contributed by atoms with Crippen LogP contribution in [0.1, 0.15) is 25.8 Å². The van der Waals surface area contributed by atoms with Gasteiger partial charge in [-0.15, -0.1) is 0 Å². The molecule has 0 fully saturated rings. The van der Waals surface area contributed by atoms with Crippen LogP contribution in [0.5, 0.6) is 0 Å². The van der Waals surface area contributed by atoms with E-state index in [-0.39, 0.29) is 21.5 Å². The van der Waals surface area contributed by atoms with Crippen molar-refractivity contribution in [1.29, 1.82) is 0 Å². The molecule has 1 aromatic heterocycles. The Balaban J connectivity index is 1.67. The third-order valence-electron chi connectivity index (χ3n) is 6.42. The number of aryl methyl sites for hydroxylation is 1. The summed E-state index contributed by atoms with van der Waals surface area (Å²) in [5, 5.41) is 2.37. The maximum absolute atomic E-state index is 13.3. The van der Waals surface area contributed by atoms with Gasteiger partial charge in [0.15, 0.2) is 0 Å². The molecule has 0 bridgehead atoms. The van der Waals surface area contributed by atoms with Crippen molar-refractivity contribution in [3.63, 3.8) is 0 Å². The molecule has 0 saturated heterocycles. The highest BCUT2D eigenvalue weighted by Gasteiger charge is 2.41. The number of rotatable bonds is 6. The summed E-state index contributed by atoms with van der Waals surface area (Å²) >= 11 is 6.48. The second kappa shape index (κ2) is 9.03. The minimum absolute atomic E-state index is 0.0837. The first-order valence-corrected chi connectivity index (χ1v) is 12.6. The highest BCUT2D eigenvalue weighted by Crippen LogP contribution is 2.42. The molecule has 2 unspecified atom stereocenters. The molecule has 3 atom stereocenters. The molecule has 7 heteroatoms. The molecule has 2 N–H and O–H groups in total. The van der Waals surface area contributed by atoms with Crippen LogP contribution in [0.3, 0.4) is 0 Å². The summed E-state index contributed by atoms with van der Waals surface area (Å²) in [6.45, 7) is 5.98. The summed E-state index contributed by atoms with van der Waals surface area (Å²) in [5.74, 6) is 0. The van der Waals surface area contributed by atoms with E-state index in [1.165, 1.54) is 0 Å². The summed E-state index contributed by atoms with van der Waals surface area (Å²) < 4.78 is 32.5. The average Bonchev–Trinajstić information content (AvgIpc) is 2.79. The van der Waals surface area contributed by atoms with E-state index in [2.05, 4.69) is 9.71 Å². The van der Waals surface area contributed by atoms with E-state index < -0.39 is 10.4 Å². The van der Waals surface area contributed by atoms with Crippen molar-refractivity contribution >= 4 is 38.5 Å².